The third kappa shape index (κ3) is 13.3. The number of rotatable bonds is 5. The third-order valence-electron chi connectivity index (χ3n) is 2.65. The van der Waals surface area contributed by atoms with Crippen molar-refractivity contribution >= 4 is 43.5 Å². The Kier molecular flexibility index (Phi) is 19.0. The third-order valence-corrected chi connectivity index (χ3v) is 3.88. The summed E-state index contributed by atoms with van der Waals surface area (Å²) in [4.78, 5) is 12.0. The molecule has 2 aromatic heterocycles. The molecule has 0 saturated carbocycles. The summed E-state index contributed by atoms with van der Waals surface area (Å²) in [5.74, 6) is 0.175. The number of hydrogen-bond acceptors (Lipinski definition) is 5. The second kappa shape index (κ2) is 18.1. The topological polar surface area (TPSA) is 174 Å². The minimum atomic E-state index is -0.830. The van der Waals surface area contributed by atoms with Crippen molar-refractivity contribution in [3.8, 4) is 0 Å². The van der Waals surface area contributed by atoms with E-state index in [9.17, 15) is 10.2 Å². The predicted molar refractivity (Wildman–Crippen MR) is 109 cm³/mol. The van der Waals surface area contributed by atoms with Crippen molar-refractivity contribution in [2.75, 3.05) is 12.4 Å². The fourth-order valence-electron chi connectivity index (χ4n) is 1.46. The Hall–Kier alpha value is -0.910. The zero-order valence-corrected chi connectivity index (χ0v) is 20.6. The van der Waals surface area contributed by atoms with Gasteiger partial charge in [-0.1, -0.05) is 5.11 Å². The van der Waals surface area contributed by atoms with Gasteiger partial charge in [0.05, 0.1) is 23.8 Å². The number of alkyl halides is 1. The van der Waals surface area contributed by atoms with Gasteiger partial charge in [-0.15, -0.1) is 11.6 Å². The van der Waals surface area contributed by atoms with Crippen LogP contribution in [-0.4, -0.2) is 32.6 Å². The number of aliphatic hydroxyl groups is 2. The first-order valence-electron chi connectivity index (χ1n) is 7.03. The molecule has 0 aromatic carbocycles. The van der Waals surface area contributed by atoms with Gasteiger partial charge in [0.15, 0.2) is 0 Å². The Labute approximate surface area is 204 Å². The molecule has 2 aromatic rings. The second-order valence-electron chi connectivity index (χ2n) is 4.49. The number of pyridine rings is 2. The Bertz CT molecular complexity index is 757. The van der Waals surface area contributed by atoms with Crippen LogP contribution in [0.15, 0.2) is 50.7 Å². The fourth-order valence-corrected chi connectivity index (χ4v) is 2.08. The normalized spacial score (nSPS) is 10.9. The Morgan fingerprint density at radius 3 is 1.71 bits per heavy atom. The second-order valence-corrected chi connectivity index (χ2v) is 6.63. The molecule has 0 spiro atoms. The molecule has 2 rings (SSSR count). The summed E-state index contributed by atoms with van der Waals surface area (Å²) in [5.41, 5.74) is 22.6. The zero-order valence-electron chi connectivity index (χ0n) is 14.6. The van der Waals surface area contributed by atoms with E-state index in [2.05, 4.69) is 51.9 Å². The fraction of sp³-hybridized carbons (Fsp3) is 0.286. The molecular weight excluding hydrogens is 530 g/mol. The van der Waals surface area contributed by atoms with Crippen LogP contribution < -0.4 is 29.6 Å². The molecule has 14 heteroatoms. The summed E-state index contributed by atoms with van der Waals surface area (Å²) in [5, 5.41) is 21.9. The Morgan fingerprint density at radius 2 is 1.39 bits per heavy atom. The van der Waals surface area contributed by atoms with Crippen LogP contribution in [0.3, 0.4) is 0 Å². The summed E-state index contributed by atoms with van der Waals surface area (Å²) < 4.78 is 1.73. The van der Waals surface area contributed by atoms with Gasteiger partial charge in [0.1, 0.15) is 12.2 Å². The first-order valence-corrected chi connectivity index (χ1v) is 9.15. The van der Waals surface area contributed by atoms with Gasteiger partial charge in [-0.3, -0.25) is 14.9 Å². The molecule has 0 saturated heterocycles. The summed E-state index contributed by atoms with van der Waals surface area (Å²) in [6.07, 6.45) is 1.72. The molecule has 0 amide bonds. The van der Waals surface area contributed by atoms with Crippen LogP contribution in [0.2, 0.25) is 0 Å². The molecule has 0 unspecified atom stereocenters. The molecule has 0 fully saturated rings. The van der Waals surface area contributed by atoms with E-state index in [1.807, 2.05) is 6.07 Å². The van der Waals surface area contributed by atoms with E-state index >= 15 is 0 Å². The molecule has 0 aliphatic carbocycles. The minimum absolute atomic E-state index is 0. The van der Waals surface area contributed by atoms with Gasteiger partial charge in [0.2, 0.25) is 0 Å². The molecule has 2 N–H and O–H groups in total. The summed E-state index contributed by atoms with van der Waals surface area (Å²) >= 11 is 11.9. The van der Waals surface area contributed by atoms with Crippen molar-refractivity contribution in [2.45, 2.75) is 12.2 Å². The summed E-state index contributed by atoms with van der Waals surface area (Å²) in [7, 11) is 0. The van der Waals surface area contributed by atoms with Crippen LogP contribution in [0, 0.1) is 0 Å². The molecule has 2 atom stereocenters. The minimum Gasteiger partial charge on any atom is -0.387 e. The molecule has 144 valence electrons. The van der Waals surface area contributed by atoms with E-state index in [1.54, 1.807) is 30.6 Å². The zero-order chi connectivity index (χ0) is 20.7. The van der Waals surface area contributed by atoms with Crippen LogP contribution in [0.25, 0.3) is 26.4 Å². The maximum absolute atomic E-state index is 9.40. The number of hydrogen-bond donors (Lipinski definition) is 2. The van der Waals surface area contributed by atoms with Crippen molar-refractivity contribution in [3.05, 3.63) is 83.4 Å². The molecule has 0 radical (unpaired) electrons. The standard InChI is InChI=1S/C7H7BrClNO.C7H7BrN4O.N3.Na/c8-5-1-2-6(10-4-5)7(11)3-9;8-5-1-2-6(10-3-5)7(13)4-11-12-9;1-3-2;/h1-2,4,7,11H,3H2;1-3,7,13H,4H2;;/q;;-1;+1/t2*7-;;/m00../s1. The number of halogens is 3. The SMILES string of the molecule is O[C@@H](CCl)c1ccc(Br)cn1.[N-]=[N+]=NC[C@H](O)c1ccc(Br)cn1.[N-]=[N+]=[N-].[Na+]. The van der Waals surface area contributed by atoms with Crippen LogP contribution in [0.5, 0.6) is 0 Å². The molecule has 28 heavy (non-hydrogen) atoms. The maximum Gasteiger partial charge on any atom is 1.00 e. The molecule has 0 aliphatic heterocycles. The average molecular weight is 545 g/mol. The van der Waals surface area contributed by atoms with Gasteiger partial charge in [0, 0.05) is 26.3 Å². The quantitative estimate of drug-likeness (QED) is 0.193. The molecule has 10 nitrogen and oxygen atoms in total. The van der Waals surface area contributed by atoms with Gasteiger partial charge in [-0.25, -0.2) is 0 Å². The van der Waals surface area contributed by atoms with Gasteiger partial charge in [-0.05, 0) is 61.7 Å². The van der Waals surface area contributed by atoms with E-state index in [1.165, 1.54) is 4.91 Å². The van der Waals surface area contributed by atoms with Crippen molar-refractivity contribution < 1.29 is 39.8 Å². The van der Waals surface area contributed by atoms with Crippen molar-refractivity contribution in [2.24, 2.45) is 5.11 Å². The van der Waals surface area contributed by atoms with Gasteiger partial charge in [0.25, 0.3) is 0 Å². The molecular formula is C14H14Br2ClN8NaO2. The molecule has 0 bridgehead atoms. The van der Waals surface area contributed by atoms with Crippen LogP contribution >= 0.6 is 43.5 Å². The maximum atomic E-state index is 9.40. The van der Waals surface area contributed by atoms with E-state index in [0.717, 1.165) is 8.95 Å². The van der Waals surface area contributed by atoms with Gasteiger partial charge in [-0.2, -0.15) is 0 Å². The number of azide groups is 1. The van der Waals surface area contributed by atoms with E-state index in [0.29, 0.717) is 11.4 Å². The molecule has 0 aliphatic rings. The average Bonchev–Trinajstić information content (AvgIpc) is 2.68. The monoisotopic (exact) mass is 542 g/mol. The number of aliphatic hydroxyl groups excluding tert-OH is 2. The van der Waals surface area contributed by atoms with Crippen molar-refractivity contribution in [1.82, 2.24) is 9.97 Å². The van der Waals surface area contributed by atoms with Crippen LogP contribution in [-0.2, 0) is 0 Å². The van der Waals surface area contributed by atoms with E-state index in [4.69, 9.17) is 28.2 Å². The first-order chi connectivity index (χ1) is 12.9. The van der Waals surface area contributed by atoms with Crippen molar-refractivity contribution in [1.29, 1.82) is 0 Å². The smallest absolute Gasteiger partial charge is 0.387 e. The van der Waals surface area contributed by atoms with Gasteiger partial charge >= 0.3 is 29.6 Å². The summed E-state index contributed by atoms with van der Waals surface area (Å²) in [6, 6.07) is 6.98. The summed E-state index contributed by atoms with van der Waals surface area (Å²) in [6.45, 7) is 0.00509. The number of aromatic nitrogens is 2. The van der Waals surface area contributed by atoms with E-state index in [-0.39, 0.29) is 42.0 Å². The number of nitrogens with zero attached hydrogens (tertiary/aromatic N) is 8. The van der Waals surface area contributed by atoms with Crippen molar-refractivity contribution in [3.63, 3.8) is 0 Å². The Balaban J connectivity index is 0. The van der Waals surface area contributed by atoms with Gasteiger partial charge < -0.3 is 21.3 Å². The Morgan fingerprint density at radius 1 is 0.964 bits per heavy atom. The van der Waals surface area contributed by atoms with Crippen LogP contribution in [0.4, 0.5) is 0 Å². The van der Waals surface area contributed by atoms with Crippen LogP contribution in [0.1, 0.15) is 23.6 Å². The first kappa shape index (κ1) is 29.3. The predicted octanol–water partition coefficient (Wildman–Crippen LogP) is 2.17. The largest absolute Gasteiger partial charge is 1.00 e. The van der Waals surface area contributed by atoms with E-state index < -0.39 is 12.2 Å². The molecule has 2 heterocycles.